The van der Waals surface area contributed by atoms with E-state index in [-0.39, 0.29) is 17.2 Å². The number of anilines is 1. The highest BCUT2D eigenvalue weighted by Gasteiger charge is 2.60. The Bertz CT molecular complexity index is 835. The quantitative estimate of drug-likeness (QED) is 0.864. The fraction of sp³-hybridized carbons (Fsp3) is 0.333. The van der Waals surface area contributed by atoms with E-state index >= 15 is 0 Å². The summed E-state index contributed by atoms with van der Waals surface area (Å²) in [5.41, 5.74) is 0.0337. The first-order chi connectivity index (χ1) is 12.4. The van der Waals surface area contributed by atoms with E-state index in [1.165, 1.54) is 0 Å². The average molecular weight is 350 g/mol. The Kier molecular flexibility index (Phi) is 3.84. The first-order valence-corrected chi connectivity index (χ1v) is 8.86. The van der Waals surface area contributed by atoms with E-state index in [1.807, 2.05) is 62.4 Å². The maximum atomic E-state index is 13.2. The highest BCUT2D eigenvalue weighted by molar-refractivity contribution is 6.03. The van der Waals surface area contributed by atoms with Gasteiger partial charge in [-0.25, -0.2) is 5.06 Å². The van der Waals surface area contributed by atoms with Gasteiger partial charge in [0.2, 0.25) is 0 Å². The van der Waals surface area contributed by atoms with Crippen molar-refractivity contribution in [1.82, 2.24) is 5.32 Å². The summed E-state index contributed by atoms with van der Waals surface area (Å²) in [5, 5.41) is 4.62. The van der Waals surface area contributed by atoms with Gasteiger partial charge in [0.25, 0.3) is 5.91 Å². The Hall–Kier alpha value is -2.66. The predicted octanol–water partition coefficient (Wildman–Crippen LogP) is 3.12. The molecule has 0 saturated carbocycles. The van der Waals surface area contributed by atoms with Gasteiger partial charge in [-0.3, -0.25) is 14.4 Å². The molecular weight excluding hydrogens is 328 g/mol. The lowest BCUT2D eigenvalue weighted by Gasteiger charge is -2.25. The number of Topliss-reactive ketones (excluding diaryl/α,β-unsaturated/α-hetero) is 1. The standard InChI is InChI=1S/C21H22N2O3/c1-20(2)14-21(19(25)22-20)13-17(18(24)15-9-5-3-6-10-15)23(26-21)16-11-7-4-8-12-16/h3-12,17H,13-14H2,1-2H3,(H,22,25)/t17-,21+/m1/s1. The second kappa shape index (κ2) is 5.95. The second-order valence-electron chi connectivity index (χ2n) is 7.71. The van der Waals surface area contributed by atoms with Crippen LogP contribution in [0.1, 0.15) is 37.0 Å². The molecule has 2 saturated heterocycles. The number of rotatable bonds is 3. The zero-order valence-electron chi connectivity index (χ0n) is 14.9. The first kappa shape index (κ1) is 16.8. The third-order valence-corrected chi connectivity index (χ3v) is 5.04. The minimum Gasteiger partial charge on any atom is -0.348 e. The molecule has 5 heteroatoms. The molecule has 2 aromatic rings. The number of hydrogen-bond acceptors (Lipinski definition) is 4. The highest BCUT2D eigenvalue weighted by atomic mass is 16.7. The Morgan fingerprint density at radius 2 is 1.69 bits per heavy atom. The van der Waals surface area contributed by atoms with Crippen LogP contribution in [-0.4, -0.2) is 28.9 Å². The van der Waals surface area contributed by atoms with Crippen LogP contribution in [-0.2, 0) is 9.63 Å². The number of hydroxylamine groups is 1. The maximum Gasteiger partial charge on any atom is 0.255 e. The third kappa shape index (κ3) is 2.78. The van der Waals surface area contributed by atoms with Gasteiger partial charge in [0.05, 0.1) is 5.69 Å². The van der Waals surface area contributed by atoms with Gasteiger partial charge in [-0.15, -0.1) is 0 Å². The van der Waals surface area contributed by atoms with Crippen molar-refractivity contribution in [3.8, 4) is 0 Å². The molecule has 5 nitrogen and oxygen atoms in total. The van der Waals surface area contributed by atoms with Crippen LogP contribution in [0.2, 0.25) is 0 Å². The number of benzene rings is 2. The number of carbonyl (C=O) groups excluding carboxylic acids is 2. The number of amides is 1. The minimum atomic E-state index is -1.01. The molecule has 0 unspecified atom stereocenters. The Morgan fingerprint density at radius 1 is 1.08 bits per heavy atom. The van der Waals surface area contributed by atoms with Crippen LogP contribution < -0.4 is 10.4 Å². The van der Waals surface area contributed by atoms with Gasteiger partial charge < -0.3 is 5.32 Å². The third-order valence-electron chi connectivity index (χ3n) is 5.04. The van der Waals surface area contributed by atoms with Gasteiger partial charge in [0.15, 0.2) is 11.4 Å². The molecular formula is C21H22N2O3. The van der Waals surface area contributed by atoms with E-state index in [0.29, 0.717) is 18.4 Å². The van der Waals surface area contributed by atoms with E-state index in [1.54, 1.807) is 17.2 Å². The molecule has 2 aliphatic rings. The second-order valence-corrected chi connectivity index (χ2v) is 7.71. The molecule has 1 spiro atoms. The number of para-hydroxylation sites is 1. The molecule has 0 radical (unpaired) electrons. The number of ketones is 1. The lowest BCUT2D eigenvalue weighted by atomic mass is 9.86. The fourth-order valence-corrected chi connectivity index (χ4v) is 3.98. The van der Waals surface area contributed by atoms with Crippen molar-refractivity contribution in [1.29, 1.82) is 0 Å². The van der Waals surface area contributed by atoms with Gasteiger partial charge in [0, 0.05) is 23.9 Å². The monoisotopic (exact) mass is 350 g/mol. The predicted molar refractivity (Wildman–Crippen MR) is 98.8 cm³/mol. The van der Waals surface area contributed by atoms with E-state index in [4.69, 9.17) is 4.84 Å². The summed E-state index contributed by atoms with van der Waals surface area (Å²) in [5.74, 6) is -0.185. The Morgan fingerprint density at radius 3 is 2.27 bits per heavy atom. The zero-order chi connectivity index (χ0) is 18.4. The Labute approximate surface area is 152 Å². The summed E-state index contributed by atoms with van der Waals surface area (Å²) in [6.45, 7) is 3.95. The molecule has 2 atom stereocenters. The first-order valence-electron chi connectivity index (χ1n) is 8.86. The molecule has 2 fully saturated rings. The van der Waals surface area contributed by atoms with E-state index in [2.05, 4.69) is 5.32 Å². The van der Waals surface area contributed by atoms with Gasteiger partial charge in [0.1, 0.15) is 6.04 Å². The minimum absolute atomic E-state index is 0.0381. The van der Waals surface area contributed by atoms with Crippen LogP contribution >= 0.6 is 0 Å². The van der Waals surface area contributed by atoms with Crippen molar-refractivity contribution >= 4 is 17.4 Å². The lowest BCUT2D eigenvalue weighted by molar-refractivity contribution is -0.137. The van der Waals surface area contributed by atoms with Crippen molar-refractivity contribution < 1.29 is 14.4 Å². The lowest BCUT2D eigenvalue weighted by Crippen LogP contribution is -2.39. The van der Waals surface area contributed by atoms with E-state index in [0.717, 1.165) is 5.69 Å². The summed E-state index contributed by atoms with van der Waals surface area (Å²) in [7, 11) is 0. The SMILES string of the molecule is CC1(C)C[C@@]2(C[C@H](C(=O)c3ccccc3)N(c3ccccc3)O2)C(=O)N1. The Balaban J connectivity index is 1.73. The smallest absolute Gasteiger partial charge is 0.255 e. The summed E-state index contributed by atoms with van der Waals surface area (Å²) < 4.78 is 0. The number of nitrogens with zero attached hydrogens (tertiary/aromatic N) is 1. The van der Waals surface area contributed by atoms with Crippen molar-refractivity contribution in [2.75, 3.05) is 5.06 Å². The number of hydrogen-bond donors (Lipinski definition) is 1. The summed E-state index contributed by atoms with van der Waals surface area (Å²) in [6, 6.07) is 18.1. The molecule has 2 heterocycles. The van der Waals surface area contributed by atoms with Crippen molar-refractivity contribution in [2.24, 2.45) is 0 Å². The van der Waals surface area contributed by atoms with E-state index in [9.17, 15) is 9.59 Å². The van der Waals surface area contributed by atoms with Crippen LogP contribution in [0.15, 0.2) is 60.7 Å². The number of carbonyl (C=O) groups is 2. The molecule has 0 aromatic heterocycles. The molecule has 1 amide bonds. The van der Waals surface area contributed by atoms with Gasteiger partial charge in [-0.05, 0) is 26.0 Å². The number of nitrogens with one attached hydrogen (secondary N) is 1. The van der Waals surface area contributed by atoms with Crippen LogP contribution in [0.4, 0.5) is 5.69 Å². The van der Waals surface area contributed by atoms with Crippen LogP contribution in [0.25, 0.3) is 0 Å². The molecule has 26 heavy (non-hydrogen) atoms. The fourth-order valence-electron chi connectivity index (χ4n) is 3.98. The summed E-state index contributed by atoms with van der Waals surface area (Å²) in [4.78, 5) is 32.1. The van der Waals surface area contributed by atoms with Crippen LogP contribution in [0.5, 0.6) is 0 Å². The molecule has 0 bridgehead atoms. The van der Waals surface area contributed by atoms with Crippen LogP contribution in [0, 0.1) is 0 Å². The van der Waals surface area contributed by atoms with Crippen molar-refractivity contribution in [3.63, 3.8) is 0 Å². The normalized spacial score (nSPS) is 26.9. The topological polar surface area (TPSA) is 58.6 Å². The molecule has 4 rings (SSSR count). The molecule has 2 aliphatic heterocycles. The summed E-state index contributed by atoms with van der Waals surface area (Å²) in [6.07, 6.45) is 0.867. The van der Waals surface area contributed by atoms with Gasteiger partial charge in [-0.1, -0.05) is 48.5 Å². The van der Waals surface area contributed by atoms with Crippen molar-refractivity contribution in [3.05, 3.63) is 66.2 Å². The average Bonchev–Trinajstić information content (AvgIpc) is 3.12. The molecule has 134 valence electrons. The molecule has 0 aliphatic carbocycles. The molecule has 2 aromatic carbocycles. The van der Waals surface area contributed by atoms with Crippen molar-refractivity contribution in [2.45, 2.75) is 43.9 Å². The maximum absolute atomic E-state index is 13.2. The zero-order valence-corrected chi connectivity index (χ0v) is 14.9. The highest BCUT2D eigenvalue weighted by Crippen LogP contribution is 2.44. The largest absolute Gasteiger partial charge is 0.348 e. The van der Waals surface area contributed by atoms with E-state index < -0.39 is 11.6 Å². The van der Waals surface area contributed by atoms with Gasteiger partial charge in [-0.2, -0.15) is 0 Å². The molecule has 1 N–H and O–H groups in total. The van der Waals surface area contributed by atoms with Gasteiger partial charge >= 0.3 is 0 Å². The summed E-state index contributed by atoms with van der Waals surface area (Å²) >= 11 is 0. The van der Waals surface area contributed by atoms with Crippen LogP contribution in [0.3, 0.4) is 0 Å².